The lowest BCUT2D eigenvalue weighted by Crippen LogP contribution is -1.99. The van der Waals surface area contributed by atoms with Crippen molar-refractivity contribution in [3.8, 4) is 11.8 Å². The van der Waals surface area contributed by atoms with Crippen molar-refractivity contribution >= 4 is 23.8 Å². The molecule has 0 aliphatic rings. The topological polar surface area (TPSA) is 67.4 Å². The lowest BCUT2D eigenvalue weighted by atomic mass is 10.3. The van der Waals surface area contributed by atoms with E-state index in [1.807, 2.05) is 36.4 Å². The molecule has 2 heterocycles. The molecule has 0 bridgehead atoms. The summed E-state index contributed by atoms with van der Waals surface area (Å²) < 4.78 is 1.80. The fraction of sp³-hybridized carbons (Fsp3) is 0.0769. The Labute approximate surface area is 115 Å². The highest BCUT2D eigenvalue weighted by Gasteiger charge is 2.16. The van der Waals surface area contributed by atoms with E-state index in [9.17, 15) is 0 Å². The summed E-state index contributed by atoms with van der Waals surface area (Å²) in [5, 5.41) is 9.60. The zero-order chi connectivity index (χ0) is 13.4. The Kier molecular flexibility index (Phi) is 2.69. The van der Waals surface area contributed by atoms with E-state index in [2.05, 4.69) is 27.6 Å². The van der Waals surface area contributed by atoms with E-state index in [0.29, 0.717) is 22.1 Å². The van der Waals surface area contributed by atoms with Gasteiger partial charge in [-0.05, 0) is 19.1 Å². The van der Waals surface area contributed by atoms with Crippen LogP contribution in [0, 0.1) is 18.3 Å². The normalized spacial score (nSPS) is 10.6. The molecular weight excluding hydrogens is 258 g/mol. The monoisotopic (exact) mass is 267 g/mol. The van der Waals surface area contributed by atoms with E-state index >= 15 is 0 Å². The summed E-state index contributed by atoms with van der Waals surface area (Å²) in [5.74, 6) is 0.537. The molecule has 0 N–H and O–H groups in total. The van der Waals surface area contributed by atoms with Crippen molar-refractivity contribution in [2.24, 2.45) is 0 Å². The van der Waals surface area contributed by atoms with Crippen molar-refractivity contribution in [3.05, 3.63) is 41.9 Å². The second-order valence-corrected chi connectivity index (χ2v) is 4.39. The molecule has 0 radical (unpaired) electrons. The van der Waals surface area contributed by atoms with Crippen LogP contribution in [-0.2, 0) is 0 Å². The molecule has 3 rings (SSSR count). The molecule has 0 aliphatic heterocycles. The lowest BCUT2D eigenvalue weighted by Gasteiger charge is -2.05. The molecular formula is C13H9N5S. The van der Waals surface area contributed by atoms with Gasteiger partial charge < -0.3 is 0 Å². The standard InChI is InChI=1S/C13H9N5S/c1-8-15-10(7-14)11-12(16-8)18(13(19)17-11)9-5-3-2-4-6-9/h2-6H,1H3,(H,17,19). The van der Waals surface area contributed by atoms with Gasteiger partial charge in [0, 0.05) is 5.69 Å². The highest BCUT2D eigenvalue weighted by atomic mass is 32.1. The Hall–Kier alpha value is -2.39. The van der Waals surface area contributed by atoms with E-state index in [-0.39, 0.29) is 5.69 Å². The number of nitriles is 1. The number of rotatable bonds is 1. The molecule has 0 fully saturated rings. The van der Waals surface area contributed by atoms with Crippen LogP contribution >= 0.6 is 12.6 Å². The number of fused-ring (bicyclic) bond motifs is 1. The average Bonchev–Trinajstić information content (AvgIpc) is 2.75. The first-order chi connectivity index (χ1) is 9.20. The quantitative estimate of drug-likeness (QED) is 0.687. The maximum Gasteiger partial charge on any atom is 0.172 e. The van der Waals surface area contributed by atoms with Crippen LogP contribution in [0.5, 0.6) is 0 Å². The Morgan fingerprint density at radius 3 is 2.58 bits per heavy atom. The molecule has 19 heavy (non-hydrogen) atoms. The largest absolute Gasteiger partial charge is 0.272 e. The summed E-state index contributed by atoms with van der Waals surface area (Å²) in [6.45, 7) is 1.75. The van der Waals surface area contributed by atoms with Gasteiger partial charge in [-0.2, -0.15) is 5.26 Å². The highest BCUT2D eigenvalue weighted by Crippen LogP contribution is 2.23. The molecule has 0 unspecified atom stereocenters. The van der Waals surface area contributed by atoms with Crippen LogP contribution < -0.4 is 0 Å². The van der Waals surface area contributed by atoms with Crippen LogP contribution in [0.4, 0.5) is 0 Å². The van der Waals surface area contributed by atoms with Gasteiger partial charge in [0.05, 0.1) is 0 Å². The van der Waals surface area contributed by atoms with Gasteiger partial charge in [0.15, 0.2) is 16.5 Å². The van der Waals surface area contributed by atoms with Crippen molar-refractivity contribution in [2.45, 2.75) is 12.1 Å². The molecule has 0 aliphatic carbocycles. The van der Waals surface area contributed by atoms with Gasteiger partial charge in [0.25, 0.3) is 0 Å². The molecule has 0 atom stereocenters. The molecule has 3 aromatic rings. The molecule has 1 aromatic carbocycles. The first-order valence-electron chi connectivity index (χ1n) is 5.62. The number of para-hydroxylation sites is 1. The first kappa shape index (κ1) is 11.7. The lowest BCUT2D eigenvalue weighted by molar-refractivity contribution is 0.910. The molecule has 92 valence electrons. The number of benzene rings is 1. The highest BCUT2D eigenvalue weighted by molar-refractivity contribution is 7.80. The van der Waals surface area contributed by atoms with Crippen LogP contribution in [0.2, 0.25) is 0 Å². The second-order valence-electron chi connectivity index (χ2n) is 3.99. The third kappa shape index (κ3) is 1.84. The number of hydrogen-bond donors (Lipinski definition) is 1. The number of nitrogens with zero attached hydrogens (tertiary/aromatic N) is 5. The van der Waals surface area contributed by atoms with E-state index < -0.39 is 0 Å². The van der Waals surface area contributed by atoms with Gasteiger partial charge in [0.1, 0.15) is 17.4 Å². The zero-order valence-corrected chi connectivity index (χ0v) is 11.0. The number of aromatic nitrogens is 4. The van der Waals surface area contributed by atoms with Crippen LogP contribution in [0.1, 0.15) is 11.5 Å². The summed E-state index contributed by atoms with van der Waals surface area (Å²) in [6.07, 6.45) is 0. The maximum absolute atomic E-state index is 9.12. The Morgan fingerprint density at radius 1 is 1.16 bits per heavy atom. The summed E-state index contributed by atoms with van der Waals surface area (Å²) in [5.41, 5.74) is 2.24. The summed E-state index contributed by atoms with van der Waals surface area (Å²) >= 11 is 4.36. The van der Waals surface area contributed by atoms with Gasteiger partial charge in [0.2, 0.25) is 0 Å². The van der Waals surface area contributed by atoms with E-state index in [1.165, 1.54) is 0 Å². The molecule has 0 spiro atoms. The summed E-state index contributed by atoms with van der Waals surface area (Å²) in [7, 11) is 0. The van der Waals surface area contributed by atoms with Crippen molar-refractivity contribution < 1.29 is 0 Å². The maximum atomic E-state index is 9.12. The minimum atomic E-state index is 0.271. The molecule has 6 heteroatoms. The summed E-state index contributed by atoms with van der Waals surface area (Å²) in [4.78, 5) is 12.7. The Bertz CT molecular complexity index is 801. The van der Waals surface area contributed by atoms with Crippen LogP contribution in [0.15, 0.2) is 35.5 Å². The molecule has 2 aromatic heterocycles. The Morgan fingerprint density at radius 2 is 1.89 bits per heavy atom. The predicted molar refractivity (Wildman–Crippen MR) is 73.4 cm³/mol. The minimum Gasteiger partial charge on any atom is -0.272 e. The van der Waals surface area contributed by atoms with Crippen molar-refractivity contribution in [1.82, 2.24) is 19.5 Å². The third-order valence-corrected chi connectivity index (χ3v) is 3.02. The molecule has 0 saturated carbocycles. The van der Waals surface area contributed by atoms with Crippen LogP contribution in [0.25, 0.3) is 16.9 Å². The second kappa shape index (κ2) is 4.37. The SMILES string of the molecule is Cc1nc(C#N)c2nc(S)n(-c3ccccc3)c2n1. The van der Waals surface area contributed by atoms with Crippen LogP contribution in [0.3, 0.4) is 0 Å². The van der Waals surface area contributed by atoms with Crippen molar-refractivity contribution in [1.29, 1.82) is 5.26 Å². The zero-order valence-electron chi connectivity index (χ0n) is 10.1. The molecule has 5 nitrogen and oxygen atoms in total. The average molecular weight is 267 g/mol. The van der Waals surface area contributed by atoms with E-state index in [1.54, 1.807) is 11.5 Å². The fourth-order valence-electron chi connectivity index (χ4n) is 1.95. The van der Waals surface area contributed by atoms with Gasteiger partial charge in [-0.15, -0.1) is 12.6 Å². The smallest absolute Gasteiger partial charge is 0.172 e. The number of thiol groups is 1. The Balaban J connectivity index is 2.41. The predicted octanol–water partition coefficient (Wildman–Crippen LogP) is 2.28. The van der Waals surface area contributed by atoms with Gasteiger partial charge >= 0.3 is 0 Å². The van der Waals surface area contributed by atoms with Gasteiger partial charge in [-0.3, -0.25) is 4.57 Å². The minimum absolute atomic E-state index is 0.271. The number of aryl methyl sites for hydroxylation is 1. The number of imidazole rings is 1. The van der Waals surface area contributed by atoms with E-state index in [4.69, 9.17) is 5.26 Å². The summed E-state index contributed by atoms with van der Waals surface area (Å²) in [6, 6.07) is 11.7. The van der Waals surface area contributed by atoms with Crippen molar-refractivity contribution in [3.63, 3.8) is 0 Å². The first-order valence-corrected chi connectivity index (χ1v) is 6.07. The number of hydrogen-bond acceptors (Lipinski definition) is 5. The molecule has 0 saturated heterocycles. The van der Waals surface area contributed by atoms with E-state index in [0.717, 1.165) is 5.69 Å². The van der Waals surface area contributed by atoms with Crippen molar-refractivity contribution in [2.75, 3.05) is 0 Å². The van der Waals surface area contributed by atoms with Crippen LogP contribution in [-0.4, -0.2) is 19.5 Å². The fourth-order valence-corrected chi connectivity index (χ4v) is 2.26. The van der Waals surface area contributed by atoms with Gasteiger partial charge in [-0.25, -0.2) is 15.0 Å². The molecule has 0 amide bonds. The van der Waals surface area contributed by atoms with Gasteiger partial charge in [-0.1, -0.05) is 18.2 Å². The third-order valence-electron chi connectivity index (χ3n) is 2.72.